The predicted octanol–water partition coefficient (Wildman–Crippen LogP) is 8.10. The molecule has 0 saturated heterocycles. The van der Waals surface area contributed by atoms with Gasteiger partial charge in [0.15, 0.2) is 0 Å². The van der Waals surface area contributed by atoms with Crippen molar-refractivity contribution < 1.29 is 17.6 Å². The third kappa shape index (κ3) is 4.01. The Balaban J connectivity index is 1.71. The SMILES string of the molecule is CCc1c(-c2nnc(C3(C(F)(F)F)CCC3)o2)nc(-c2ccc(Cl)cc2Cl)n1-c1ccc(Cl)cc1. The maximum Gasteiger partial charge on any atom is 0.403 e. The smallest absolute Gasteiger partial charge is 0.403 e. The van der Waals surface area contributed by atoms with Gasteiger partial charge in [-0.1, -0.05) is 48.1 Å². The molecule has 1 saturated carbocycles. The summed E-state index contributed by atoms with van der Waals surface area (Å²) in [7, 11) is 0. The molecule has 0 spiro atoms. The first-order valence-electron chi connectivity index (χ1n) is 10.9. The Morgan fingerprint density at radius 2 is 1.69 bits per heavy atom. The number of alkyl halides is 3. The molecular formula is C24H18Cl3F3N4O. The fourth-order valence-corrected chi connectivity index (χ4v) is 4.95. The van der Waals surface area contributed by atoms with Gasteiger partial charge in [0.1, 0.15) is 16.9 Å². The van der Waals surface area contributed by atoms with Crippen molar-refractivity contribution in [3.63, 3.8) is 0 Å². The molecule has 0 N–H and O–H groups in total. The molecule has 35 heavy (non-hydrogen) atoms. The molecule has 0 amide bonds. The van der Waals surface area contributed by atoms with Crippen LogP contribution in [-0.4, -0.2) is 25.9 Å². The highest BCUT2D eigenvalue weighted by Crippen LogP contribution is 2.54. The van der Waals surface area contributed by atoms with Crippen LogP contribution in [0.1, 0.15) is 37.8 Å². The zero-order chi connectivity index (χ0) is 25.0. The number of aromatic nitrogens is 4. The van der Waals surface area contributed by atoms with Crippen LogP contribution in [0.4, 0.5) is 13.2 Å². The second-order valence-electron chi connectivity index (χ2n) is 8.37. The van der Waals surface area contributed by atoms with E-state index in [0.29, 0.717) is 50.7 Å². The maximum absolute atomic E-state index is 13.8. The summed E-state index contributed by atoms with van der Waals surface area (Å²) in [4.78, 5) is 4.74. The van der Waals surface area contributed by atoms with Gasteiger partial charge in [-0.25, -0.2) is 4.98 Å². The van der Waals surface area contributed by atoms with Gasteiger partial charge >= 0.3 is 6.18 Å². The minimum Gasteiger partial charge on any atom is -0.418 e. The molecule has 0 atom stereocenters. The van der Waals surface area contributed by atoms with Gasteiger partial charge in [-0.3, -0.25) is 4.57 Å². The monoisotopic (exact) mass is 540 g/mol. The number of halogens is 6. The standard InChI is InChI=1S/C24H18Cl3F3N4O/c1-2-18-19(21-32-33-22(35-21)23(10-3-11-23)24(28,29)30)31-20(16-9-6-14(26)12-17(16)27)34(18)15-7-4-13(25)5-8-15/h4-9,12H,2-3,10-11H2,1H3. The lowest BCUT2D eigenvalue weighted by Gasteiger charge is -2.39. The van der Waals surface area contributed by atoms with E-state index in [1.54, 1.807) is 30.3 Å². The van der Waals surface area contributed by atoms with E-state index >= 15 is 0 Å². The molecule has 5 rings (SSSR count). The Morgan fingerprint density at radius 3 is 2.26 bits per heavy atom. The molecule has 182 valence electrons. The average molecular weight is 542 g/mol. The molecule has 0 unspecified atom stereocenters. The molecule has 1 aliphatic carbocycles. The summed E-state index contributed by atoms with van der Waals surface area (Å²) in [6.45, 7) is 1.90. The van der Waals surface area contributed by atoms with Gasteiger partial charge in [-0.05, 0) is 61.7 Å². The van der Waals surface area contributed by atoms with Gasteiger partial charge in [0.05, 0.1) is 10.7 Å². The molecule has 0 radical (unpaired) electrons. The zero-order valence-electron chi connectivity index (χ0n) is 18.3. The fraction of sp³-hybridized carbons (Fsp3) is 0.292. The lowest BCUT2D eigenvalue weighted by atomic mass is 9.68. The quantitative estimate of drug-likeness (QED) is 0.256. The molecule has 2 aromatic carbocycles. The van der Waals surface area contributed by atoms with Gasteiger partial charge in [0, 0.05) is 21.3 Å². The summed E-state index contributed by atoms with van der Waals surface area (Å²) in [6, 6.07) is 12.1. The Bertz CT molecular complexity index is 1390. The zero-order valence-corrected chi connectivity index (χ0v) is 20.6. The van der Waals surface area contributed by atoms with Crippen LogP contribution >= 0.6 is 34.8 Å². The van der Waals surface area contributed by atoms with Gasteiger partial charge in [-0.15, -0.1) is 10.2 Å². The lowest BCUT2D eigenvalue weighted by molar-refractivity contribution is -0.219. The molecule has 4 aromatic rings. The van der Waals surface area contributed by atoms with Crippen molar-refractivity contribution in [2.45, 2.75) is 44.2 Å². The van der Waals surface area contributed by atoms with E-state index in [9.17, 15) is 13.2 Å². The normalized spacial score (nSPS) is 15.3. The summed E-state index contributed by atoms with van der Waals surface area (Å²) in [5.41, 5.74) is 0.164. The Labute approximate surface area is 213 Å². The van der Waals surface area contributed by atoms with Crippen LogP contribution in [0.15, 0.2) is 46.9 Å². The second-order valence-corrected chi connectivity index (χ2v) is 9.65. The largest absolute Gasteiger partial charge is 0.418 e. The molecule has 5 nitrogen and oxygen atoms in total. The van der Waals surface area contributed by atoms with Crippen LogP contribution < -0.4 is 0 Å². The van der Waals surface area contributed by atoms with Crippen molar-refractivity contribution in [2.24, 2.45) is 0 Å². The molecule has 0 aliphatic heterocycles. The molecule has 1 aliphatic rings. The highest BCUT2D eigenvalue weighted by atomic mass is 35.5. The van der Waals surface area contributed by atoms with Crippen LogP contribution in [0.2, 0.25) is 15.1 Å². The van der Waals surface area contributed by atoms with Crippen LogP contribution in [0.5, 0.6) is 0 Å². The van der Waals surface area contributed by atoms with Crippen molar-refractivity contribution in [2.75, 3.05) is 0 Å². The first kappa shape index (κ1) is 24.2. The van der Waals surface area contributed by atoms with E-state index in [1.807, 2.05) is 23.6 Å². The highest BCUT2D eigenvalue weighted by molar-refractivity contribution is 6.36. The number of rotatable bonds is 5. The third-order valence-corrected chi connectivity index (χ3v) is 7.15. The van der Waals surface area contributed by atoms with Crippen molar-refractivity contribution in [1.82, 2.24) is 19.7 Å². The van der Waals surface area contributed by atoms with Crippen LogP contribution in [-0.2, 0) is 11.8 Å². The number of benzene rings is 2. The molecule has 2 aromatic heterocycles. The van der Waals surface area contributed by atoms with Gasteiger partial charge < -0.3 is 4.42 Å². The van der Waals surface area contributed by atoms with E-state index < -0.39 is 17.5 Å². The average Bonchev–Trinajstić information content (AvgIpc) is 3.37. The summed E-state index contributed by atoms with van der Waals surface area (Å²) in [5.74, 6) is -0.0541. The minimum atomic E-state index is -4.48. The molecule has 0 bridgehead atoms. The third-order valence-electron chi connectivity index (χ3n) is 6.35. The molecular weight excluding hydrogens is 524 g/mol. The second kappa shape index (κ2) is 8.84. The molecule has 1 fully saturated rings. The number of imidazole rings is 1. The number of hydrogen-bond donors (Lipinski definition) is 0. The van der Waals surface area contributed by atoms with Crippen molar-refractivity contribution in [3.8, 4) is 28.7 Å². The molecule has 11 heteroatoms. The topological polar surface area (TPSA) is 56.7 Å². The fourth-order valence-electron chi connectivity index (χ4n) is 4.33. The minimum absolute atomic E-state index is 0.0774. The maximum atomic E-state index is 13.8. The van der Waals surface area contributed by atoms with Crippen LogP contribution in [0, 0.1) is 0 Å². The summed E-state index contributed by atoms with van der Waals surface area (Å²) >= 11 is 18.7. The van der Waals surface area contributed by atoms with Crippen molar-refractivity contribution in [3.05, 3.63) is 69.1 Å². The van der Waals surface area contributed by atoms with E-state index in [4.69, 9.17) is 44.2 Å². The summed E-state index contributed by atoms with van der Waals surface area (Å²) < 4.78 is 49.0. The first-order valence-corrected chi connectivity index (χ1v) is 12.0. The van der Waals surface area contributed by atoms with Crippen LogP contribution in [0.3, 0.4) is 0 Å². The van der Waals surface area contributed by atoms with Crippen molar-refractivity contribution in [1.29, 1.82) is 0 Å². The van der Waals surface area contributed by atoms with Gasteiger partial charge in [0.25, 0.3) is 5.89 Å². The van der Waals surface area contributed by atoms with E-state index in [1.165, 1.54) is 0 Å². The van der Waals surface area contributed by atoms with Crippen molar-refractivity contribution >= 4 is 34.8 Å². The van der Waals surface area contributed by atoms with Gasteiger partial charge in [0.2, 0.25) is 5.89 Å². The Kier molecular flexibility index (Phi) is 6.10. The van der Waals surface area contributed by atoms with E-state index in [2.05, 4.69) is 10.2 Å². The highest BCUT2D eigenvalue weighted by Gasteiger charge is 2.63. The van der Waals surface area contributed by atoms with Gasteiger partial charge in [-0.2, -0.15) is 13.2 Å². The number of hydrogen-bond acceptors (Lipinski definition) is 4. The van der Waals surface area contributed by atoms with E-state index in [-0.39, 0.29) is 18.7 Å². The summed E-state index contributed by atoms with van der Waals surface area (Å²) in [5, 5.41) is 9.16. The van der Waals surface area contributed by atoms with Crippen LogP contribution in [0.25, 0.3) is 28.7 Å². The number of nitrogens with zero attached hydrogens (tertiary/aromatic N) is 4. The first-order chi connectivity index (χ1) is 16.6. The Morgan fingerprint density at radius 1 is 1.00 bits per heavy atom. The Hall–Kier alpha value is -2.55. The predicted molar refractivity (Wildman–Crippen MR) is 128 cm³/mol. The summed E-state index contributed by atoms with van der Waals surface area (Å²) in [6.07, 6.45) is -3.72. The van der Waals surface area contributed by atoms with E-state index in [0.717, 1.165) is 5.69 Å². The molecule has 2 heterocycles. The lowest BCUT2D eigenvalue weighted by Crippen LogP contribution is -2.48.